The van der Waals surface area contributed by atoms with Crippen molar-refractivity contribution in [3.05, 3.63) is 134 Å². The van der Waals surface area contributed by atoms with E-state index in [1.54, 1.807) is 26.4 Å². The maximum absolute atomic E-state index is 13.5. The smallest absolute Gasteiger partial charge is 0.330 e. The summed E-state index contributed by atoms with van der Waals surface area (Å²) in [5, 5.41) is 9.39. The molecule has 5 rings (SSSR count). The summed E-state index contributed by atoms with van der Waals surface area (Å²) in [5.41, 5.74) is 3.75. The summed E-state index contributed by atoms with van der Waals surface area (Å²) in [6.45, 7) is 14.9. The summed E-state index contributed by atoms with van der Waals surface area (Å²) >= 11 is 0. The van der Waals surface area contributed by atoms with E-state index >= 15 is 0 Å². The second kappa shape index (κ2) is 21.1. The Bertz CT molecular complexity index is 2200. The number of benzene rings is 3. The summed E-state index contributed by atoms with van der Waals surface area (Å²) in [7, 11) is -0.104. The van der Waals surface area contributed by atoms with Gasteiger partial charge in [-0.25, -0.2) is 9.46 Å². The zero-order valence-electron chi connectivity index (χ0n) is 36.0. The predicted molar refractivity (Wildman–Crippen MR) is 238 cm³/mol. The van der Waals surface area contributed by atoms with Crippen LogP contribution in [0.4, 0.5) is 0 Å². The molecule has 3 aromatic carbocycles. The zero-order valence-corrected chi connectivity index (χ0v) is 37.9. The van der Waals surface area contributed by atoms with Crippen molar-refractivity contribution in [3.63, 3.8) is 0 Å². The van der Waals surface area contributed by atoms with E-state index in [1.165, 1.54) is 10.8 Å². The molecule has 0 bridgehead atoms. The van der Waals surface area contributed by atoms with Gasteiger partial charge in [-0.05, 0) is 80.8 Å². The number of hydrogen-bond acceptors (Lipinski definition) is 10. The Morgan fingerprint density at radius 1 is 0.933 bits per heavy atom. The number of methoxy groups -OCH3 is 2. The zero-order chi connectivity index (χ0) is 43.5. The first-order chi connectivity index (χ1) is 28.7. The van der Waals surface area contributed by atoms with Gasteiger partial charge in [-0.3, -0.25) is 14.3 Å². The van der Waals surface area contributed by atoms with Crippen molar-refractivity contribution in [1.29, 1.82) is 5.26 Å². The number of ether oxygens (including phenoxy) is 4. The fourth-order valence-corrected chi connectivity index (χ4v) is 9.32. The van der Waals surface area contributed by atoms with Gasteiger partial charge in [-0.15, -0.1) is 5.54 Å². The number of H-pyrrole nitrogens is 1. The summed E-state index contributed by atoms with van der Waals surface area (Å²) in [6, 6.07) is 27.7. The lowest BCUT2D eigenvalue weighted by atomic mass is 9.80. The fraction of sp³-hybridized carbons (Fsp3) is 0.413. The number of nitriles is 1. The van der Waals surface area contributed by atoms with E-state index in [4.69, 9.17) is 28.0 Å². The SMILES string of the molecule is COc1ccc(C(OC[C@H]2O[C@@H](n3cc(C=CC#C[Si](C)(C)C)c(=O)[nH]c3=O)C[C@H]2OP(OCCC#N)N(C(C)C)C(C)C)(c2ccccc2)c2ccc(OC)cc2)cc1. The number of nitrogens with one attached hydrogen (secondary N) is 1. The normalized spacial score (nSPS) is 17.5. The Morgan fingerprint density at radius 2 is 1.52 bits per heavy atom. The topological polar surface area (TPSA) is 137 Å². The van der Waals surface area contributed by atoms with Crippen molar-refractivity contribution in [2.24, 2.45) is 0 Å². The number of nitrogens with zero attached hydrogens (tertiary/aromatic N) is 3. The van der Waals surface area contributed by atoms with Gasteiger partial charge in [0.15, 0.2) is 0 Å². The summed E-state index contributed by atoms with van der Waals surface area (Å²) < 4.78 is 42.0. The van der Waals surface area contributed by atoms with E-state index in [1.807, 2.05) is 78.9 Å². The molecule has 1 fully saturated rings. The molecule has 1 aliphatic rings. The van der Waals surface area contributed by atoms with E-state index in [0.717, 1.165) is 16.7 Å². The first-order valence-corrected chi connectivity index (χ1v) is 24.8. The number of allylic oxidation sites excluding steroid dienone is 1. The van der Waals surface area contributed by atoms with Gasteiger partial charge in [0.1, 0.15) is 37.5 Å². The minimum absolute atomic E-state index is 0.00991. The highest BCUT2D eigenvalue weighted by atomic mass is 31.2. The molecule has 1 N–H and O–H groups in total. The van der Waals surface area contributed by atoms with Crippen molar-refractivity contribution < 1.29 is 28.0 Å². The molecular formula is C46H57N4O8PSi. The molecule has 1 saturated heterocycles. The molecule has 4 atom stereocenters. The molecule has 0 radical (unpaired) electrons. The summed E-state index contributed by atoms with van der Waals surface area (Å²) in [4.78, 5) is 29.0. The molecule has 0 saturated carbocycles. The monoisotopic (exact) mass is 852 g/mol. The molecular weight excluding hydrogens is 796 g/mol. The maximum atomic E-state index is 13.5. The van der Waals surface area contributed by atoms with Crippen molar-refractivity contribution in [1.82, 2.24) is 14.2 Å². The third kappa shape index (κ3) is 11.5. The van der Waals surface area contributed by atoms with Gasteiger partial charge in [0, 0.05) is 24.7 Å². The Balaban J connectivity index is 1.62. The molecule has 0 amide bonds. The lowest BCUT2D eigenvalue weighted by Crippen LogP contribution is -2.39. The average molecular weight is 853 g/mol. The van der Waals surface area contributed by atoms with Gasteiger partial charge in [0.05, 0.1) is 51.6 Å². The van der Waals surface area contributed by atoms with Crippen LogP contribution in [0.5, 0.6) is 11.5 Å². The number of rotatable bonds is 18. The van der Waals surface area contributed by atoms with Gasteiger partial charge in [-0.1, -0.05) is 80.2 Å². The molecule has 1 aromatic heterocycles. The number of aromatic amines is 1. The lowest BCUT2D eigenvalue weighted by Gasteiger charge is -2.39. The van der Waals surface area contributed by atoms with Crippen LogP contribution in [-0.4, -0.2) is 74.0 Å². The van der Waals surface area contributed by atoms with Crippen LogP contribution in [0.3, 0.4) is 0 Å². The van der Waals surface area contributed by atoms with E-state index in [-0.39, 0.29) is 43.7 Å². The van der Waals surface area contributed by atoms with Crippen LogP contribution in [-0.2, 0) is 24.1 Å². The van der Waals surface area contributed by atoms with Crippen molar-refractivity contribution in [2.75, 3.05) is 27.4 Å². The van der Waals surface area contributed by atoms with Crippen molar-refractivity contribution in [3.8, 4) is 29.0 Å². The van der Waals surface area contributed by atoms with Crippen LogP contribution in [0.1, 0.15) is 69.0 Å². The second-order valence-corrected chi connectivity index (χ2v) is 22.1. The van der Waals surface area contributed by atoms with E-state index in [9.17, 15) is 14.9 Å². The highest BCUT2D eigenvalue weighted by molar-refractivity contribution is 7.44. The predicted octanol–water partition coefficient (Wildman–Crippen LogP) is 8.41. The Labute approximate surface area is 356 Å². The Morgan fingerprint density at radius 3 is 2.05 bits per heavy atom. The van der Waals surface area contributed by atoms with Crippen LogP contribution in [0, 0.1) is 22.8 Å². The summed E-state index contributed by atoms with van der Waals surface area (Å²) in [5.74, 6) is 4.43. The lowest BCUT2D eigenvalue weighted by molar-refractivity contribution is -0.0925. The van der Waals surface area contributed by atoms with E-state index < -0.39 is 51.9 Å². The molecule has 2 heterocycles. The minimum Gasteiger partial charge on any atom is -0.497 e. The van der Waals surface area contributed by atoms with Crippen LogP contribution in [0.25, 0.3) is 6.08 Å². The standard InChI is InChI=1S/C46H57N4O8PSi/c1-33(2)50(34(3)4)59(56-28-15-27-47)58-41-30-43(49-31-35(44(51)48-45(49)52)16-13-14-29-60(7,8)9)57-42(41)32-55-46(36-17-11-10-12-18-36,37-19-23-39(53-5)24-20-37)38-21-25-40(54-6)26-22-38/h10-13,16-26,31,33-34,41-43H,15,28,30,32H2,1-9H3,(H,48,51,52)/t41-,42-,43-,59?/m1/s1. The Kier molecular flexibility index (Phi) is 16.3. The maximum Gasteiger partial charge on any atom is 0.330 e. The highest BCUT2D eigenvalue weighted by Crippen LogP contribution is 2.50. The largest absolute Gasteiger partial charge is 0.497 e. The van der Waals surface area contributed by atoms with Crippen LogP contribution < -0.4 is 20.7 Å². The molecule has 0 aliphatic carbocycles. The molecule has 14 heteroatoms. The van der Waals surface area contributed by atoms with Gasteiger partial charge >= 0.3 is 5.69 Å². The number of aromatic nitrogens is 2. The van der Waals surface area contributed by atoms with Gasteiger partial charge in [-0.2, -0.15) is 5.26 Å². The van der Waals surface area contributed by atoms with Gasteiger partial charge in [0.25, 0.3) is 14.1 Å². The summed E-state index contributed by atoms with van der Waals surface area (Å²) in [6.07, 6.45) is 2.93. The van der Waals surface area contributed by atoms with Crippen LogP contribution >= 0.6 is 8.53 Å². The molecule has 4 aromatic rings. The quantitative estimate of drug-likeness (QED) is 0.0342. The van der Waals surface area contributed by atoms with Crippen LogP contribution in [0.15, 0.2) is 101 Å². The molecule has 1 aliphatic heterocycles. The average Bonchev–Trinajstić information content (AvgIpc) is 3.62. The third-order valence-corrected chi connectivity index (χ3v) is 12.9. The molecule has 318 valence electrons. The van der Waals surface area contributed by atoms with E-state index in [2.05, 4.69) is 74.5 Å². The first kappa shape index (κ1) is 46.2. The number of hydrogen-bond donors (Lipinski definition) is 1. The second-order valence-electron chi connectivity index (χ2n) is 16.0. The third-order valence-electron chi connectivity index (χ3n) is 9.80. The molecule has 0 spiro atoms. The molecule has 1 unspecified atom stereocenters. The fourth-order valence-electron chi connectivity index (χ4n) is 7.05. The highest BCUT2D eigenvalue weighted by Gasteiger charge is 2.45. The van der Waals surface area contributed by atoms with Crippen LogP contribution in [0.2, 0.25) is 19.6 Å². The van der Waals surface area contributed by atoms with Gasteiger partial charge < -0.3 is 28.0 Å². The van der Waals surface area contributed by atoms with Crippen molar-refractivity contribution >= 4 is 22.7 Å². The van der Waals surface area contributed by atoms with Crippen molar-refractivity contribution in [2.45, 2.75) is 96.3 Å². The van der Waals surface area contributed by atoms with Gasteiger partial charge in [0.2, 0.25) is 0 Å². The molecule has 12 nitrogen and oxygen atoms in total. The Hall–Kier alpha value is -4.82. The molecule has 60 heavy (non-hydrogen) atoms. The first-order valence-electron chi connectivity index (χ1n) is 20.1. The minimum atomic E-state index is -1.71. The van der Waals surface area contributed by atoms with E-state index in [0.29, 0.717) is 11.5 Å².